The topological polar surface area (TPSA) is 47.2 Å². The quantitative estimate of drug-likeness (QED) is 0.638. The second kappa shape index (κ2) is 9.48. The maximum atomic E-state index is 12.2. The van der Waals surface area contributed by atoms with Crippen molar-refractivity contribution in [2.75, 3.05) is 45.2 Å². The number of rotatable bonds is 7. The van der Waals surface area contributed by atoms with Gasteiger partial charge in [-0.1, -0.05) is 23.7 Å². The number of likely N-dealkylation sites (N-methyl/N-ethyl adjacent to an activating group) is 1. The van der Waals surface area contributed by atoms with E-state index in [9.17, 15) is 4.79 Å². The Labute approximate surface area is 163 Å². The summed E-state index contributed by atoms with van der Waals surface area (Å²) >= 11 is 7.52. The first kappa shape index (κ1) is 19.3. The second-order valence-electron chi connectivity index (χ2n) is 6.80. The van der Waals surface area contributed by atoms with E-state index >= 15 is 0 Å². The highest BCUT2D eigenvalue weighted by atomic mass is 35.5. The van der Waals surface area contributed by atoms with Gasteiger partial charge in [-0.05, 0) is 24.3 Å². The maximum Gasteiger partial charge on any atom is 0.279 e. The second-order valence-corrected chi connectivity index (χ2v) is 8.60. The fourth-order valence-corrected chi connectivity index (χ4v) is 4.32. The molecule has 26 heavy (non-hydrogen) atoms. The Balaban J connectivity index is 1.44. The minimum absolute atomic E-state index is 0.0247. The summed E-state index contributed by atoms with van der Waals surface area (Å²) in [4.78, 5) is 16.1. The summed E-state index contributed by atoms with van der Waals surface area (Å²) in [7, 11) is 2.02. The molecule has 0 spiro atoms. The fraction of sp³-hybridized carbons (Fsp3) is 0.421. The summed E-state index contributed by atoms with van der Waals surface area (Å²) in [6.45, 7) is 6.04. The number of amides is 1. The molecule has 1 aromatic heterocycles. The first-order valence-electron chi connectivity index (χ1n) is 8.94. The summed E-state index contributed by atoms with van der Waals surface area (Å²) in [6, 6.07) is 12.1. The number of benzene rings is 1. The predicted molar refractivity (Wildman–Crippen MR) is 105 cm³/mol. The SMILES string of the molecule is C[NH+](CC(=O)Nc1ccc(C[NH+]2CCOCC2)cc1)Cc1ccc(Cl)s1. The largest absolute Gasteiger partial charge is 0.370 e. The number of anilines is 1. The van der Waals surface area contributed by atoms with Crippen molar-refractivity contribution in [3.05, 3.63) is 51.2 Å². The van der Waals surface area contributed by atoms with Gasteiger partial charge in [0.25, 0.3) is 5.91 Å². The molecule has 1 aromatic carbocycles. The molecule has 5 nitrogen and oxygen atoms in total. The van der Waals surface area contributed by atoms with E-state index in [-0.39, 0.29) is 5.91 Å². The van der Waals surface area contributed by atoms with Gasteiger partial charge < -0.3 is 19.9 Å². The van der Waals surface area contributed by atoms with Gasteiger partial charge >= 0.3 is 0 Å². The number of ether oxygens (including phenoxy) is 1. The summed E-state index contributed by atoms with van der Waals surface area (Å²) in [5.74, 6) is 0.0247. The first-order chi connectivity index (χ1) is 12.6. The van der Waals surface area contributed by atoms with Gasteiger partial charge in [-0.25, -0.2) is 0 Å². The van der Waals surface area contributed by atoms with E-state index in [1.807, 2.05) is 31.3 Å². The Kier molecular flexibility index (Phi) is 7.05. The molecule has 7 heteroatoms. The highest BCUT2D eigenvalue weighted by molar-refractivity contribution is 7.16. The van der Waals surface area contributed by atoms with Crippen LogP contribution in [0.15, 0.2) is 36.4 Å². The minimum Gasteiger partial charge on any atom is -0.370 e. The number of carbonyl (C=O) groups is 1. The summed E-state index contributed by atoms with van der Waals surface area (Å²) in [6.07, 6.45) is 0. The minimum atomic E-state index is 0.0247. The van der Waals surface area contributed by atoms with Crippen molar-refractivity contribution >= 4 is 34.5 Å². The number of thiophene rings is 1. The average molecular weight is 396 g/mol. The molecule has 1 fully saturated rings. The molecule has 1 saturated heterocycles. The zero-order valence-electron chi connectivity index (χ0n) is 15.0. The van der Waals surface area contributed by atoms with E-state index in [4.69, 9.17) is 16.3 Å². The van der Waals surface area contributed by atoms with Crippen LogP contribution >= 0.6 is 22.9 Å². The van der Waals surface area contributed by atoms with E-state index in [0.717, 1.165) is 54.3 Å². The predicted octanol–water partition coefficient (Wildman–Crippen LogP) is 0.470. The van der Waals surface area contributed by atoms with Gasteiger partial charge in [-0.15, -0.1) is 11.3 Å². The third kappa shape index (κ3) is 6.07. The summed E-state index contributed by atoms with van der Waals surface area (Å²) in [5, 5.41) is 2.99. The van der Waals surface area contributed by atoms with Crippen LogP contribution in [0.25, 0.3) is 0 Å². The molecule has 2 heterocycles. The van der Waals surface area contributed by atoms with E-state index in [1.54, 1.807) is 16.2 Å². The Bertz CT molecular complexity index is 714. The smallest absolute Gasteiger partial charge is 0.279 e. The summed E-state index contributed by atoms with van der Waals surface area (Å²) in [5.41, 5.74) is 2.14. The number of quaternary nitrogens is 2. The van der Waals surface area contributed by atoms with Crippen molar-refractivity contribution in [2.24, 2.45) is 0 Å². The molecule has 0 aliphatic carbocycles. The number of hydrogen-bond donors (Lipinski definition) is 3. The molecule has 1 unspecified atom stereocenters. The normalized spacial score (nSPS) is 16.4. The molecule has 1 aliphatic rings. The number of nitrogens with one attached hydrogen (secondary N) is 3. The zero-order valence-corrected chi connectivity index (χ0v) is 16.6. The van der Waals surface area contributed by atoms with Gasteiger partial charge in [0.05, 0.1) is 29.5 Å². The van der Waals surface area contributed by atoms with Crippen molar-refractivity contribution in [1.29, 1.82) is 0 Å². The van der Waals surface area contributed by atoms with Crippen LogP contribution in [0.1, 0.15) is 10.4 Å². The molecule has 1 atom stereocenters. The Morgan fingerprint density at radius 2 is 1.96 bits per heavy atom. The fourth-order valence-electron chi connectivity index (χ4n) is 3.12. The highest BCUT2D eigenvalue weighted by Crippen LogP contribution is 2.20. The molecule has 1 amide bonds. The maximum absolute atomic E-state index is 12.2. The van der Waals surface area contributed by atoms with Crippen molar-refractivity contribution in [2.45, 2.75) is 13.1 Å². The van der Waals surface area contributed by atoms with E-state index in [1.165, 1.54) is 10.4 Å². The molecule has 0 bridgehead atoms. The Morgan fingerprint density at radius 1 is 1.23 bits per heavy atom. The van der Waals surface area contributed by atoms with Gasteiger partial charge in [0.2, 0.25) is 0 Å². The van der Waals surface area contributed by atoms with Gasteiger partial charge in [-0.3, -0.25) is 4.79 Å². The molecule has 140 valence electrons. The first-order valence-corrected chi connectivity index (χ1v) is 10.1. The molecule has 0 saturated carbocycles. The van der Waals surface area contributed by atoms with Crippen LogP contribution in [0.2, 0.25) is 4.34 Å². The van der Waals surface area contributed by atoms with Crippen LogP contribution in [0.5, 0.6) is 0 Å². The molecule has 2 aromatic rings. The standard InChI is InChI=1S/C19H24ClN3O2S/c1-22(13-17-6-7-18(20)26-17)14-19(24)21-16-4-2-15(3-5-16)12-23-8-10-25-11-9-23/h2-7H,8-14H2,1H3,(H,21,24)/p+2. The van der Waals surface area contributed by atoms with Crippen molar-refractivity contribution in [3.63, 3.8) is 0 Å². The Morgan fingerprint density at radius 3 is 2.62 bits per heavy atom. The number of hydrogen-bond acceptors (Lipinski definition) is 3. The van der Waals surface area contributed by atoms with Gasteiger partial charge in [0, 0.05) is 11.3 Å². The lowest BCUT2D eigenvalue weighted by molar-refractivity contribution is -0.921. The van der Waals surface area contributed by atoms with Crippen LogP contribution in [0.3, 0.4) is 0 Å². The summed E-state index contributed by atoms with van der Waals surface area (Å²) < 4.78 is 6.18. The van der Waals surface area contributed by atoms with E-state index in [2.05, 4.69) is 17.4 Å². The zero-order chi connectivity index (χ0) is 18.4. The number of morpholine rings is 1. The third-order valence-corrected chi connectivity index (χ3v) is 5.69. The van der Waals surface area contributed by atoms with Crippen molar-refractivity contribution < 1.29 is 19.3 Å². The average Bonchev–Trinajstić information content (AvgIpc) is 3.02. The lowest BCUT2D eigenvalue weighted by Crippen LogP contribution is -3.12. The van der Waals surface area contributed by atoms with Crippen molar-refractivity contribution in [1.82, 2.24) is 0 Å². The van der Waals surface area contributed by atoms with Crippen LogP contribution in [-0.4, -0.2) is 45.8 Å². The monoisotopic (exact) mass is 395 g/mol. The van der Waals surface area contributed by atoms with E-state index in [0.29, 0.717) is 6.54 Å². The molecule has 3 N–H and O–H groups in total. The Hall–Kier alpha value is -1.44. The van der Waals surface area contributed by atoms with Crippen LogP contribution in [0, 0.1) is 0 Å². The van der Waals surface area contributed by atoms with Crippen LogP contribution < -0.4 is 15.1 Å². The third-order valence-electron chi connectivity index (χ3n) is 4.46. The molecular formula is C19H26ClN3O2S+2. The molecule has 3 rings (SSSR count). The van der Waals surface area contributed by atoms with Gasteiger partial charge in [-0.2, -0.15) is 0 Å². The van der Waals surface area contributed by atoms with Crippen LogP contribution in [0.4, 0.5) is 5.69 Å². The number of carbonyl (C=O) groups excluding carboxylic acids is 1. The molecule has 1 aliphatic heterocycles. The number of halogens is 1. The van der Waals surface area contributed by atoms with Crippen molar-refractivity contribution in [3.8, 4) is 0 Å². The van der Waals surface area contributed by atoms with E-state index < -0.39 is 0 Å². The lowest BCUT2D eigenvalue weighted by atomic mass is 10.2. The molecular weight excluding hydrogens is 370 g/mol. The van der Waals surface area contributed by atoms with Crippen LogP contribution in [-0.2, 0) is 22.6 Å². The lowest BCUT2D eigenvalue weighted by Gasteiger charge is -2.23. The van der Waals surface area contributed by atoms with Gasteiger partial charge in [0.1, 0.15) is 26.2 Å². The molecule has 0 radical (unpaired) electrons. The highest BCUT2D eigenvalue weighted by Gasteiger charge is 2.15. The van der Waals surface area contributed by atoms with Gasteiger partial charge in [0.15, 0.2) is 6.54 Å².